The van der Waals surface area contributed by atoms with Crippen LogP contribution in [0.2, 0.25) is 0 Å². The second kappa shape index (κ2) is 1.80. The second-order valence-electron chi connectivity index (χ2n) is 1.59. The van der Waals surface area contributed by atoms with Crippen LogP contribution < -0.4 is 11.2 Å². The quantitative estimate of drug-likeness (QED) is 0.420. The predicted octanol–water partition coefficient (Wildman–Crippen LogP) is -1.00. The highest BCUT2D eigenvalue weighted by atomic mass is 15.4. The molecule has 0 bridgehead atoms. The molecule has 0 fully saturated rings. The van der Waals surface area contributed by atoms with Gasteiger partial charge in [-0.25, -0.2) is 0 Å². The van der Waals surface area contributed by atoms with Gasteiger partial charge in [-0.05, 0) is 0 Å². The van der Waals surface area contributed by atoms with Crippen molar-refractivity contribution in [2.24, 2.45) is 16.8 Å². The number of nitriles is 1. The Morgan fingerprint density at radius 1 is 1.88 bits per heavy atom. The highest BCUT2D eigenvalue weighted by Gasteiger charge is 2.17. The Labute approximate surface area is 47.0 Å². The molecule has 1 heterocycles. The molecule has 1 rings (SSSR count). The number of hydrogen-bond donors (Lipinski definition) is 2. The molecule has 2 unspecified atom stereocenters. The topological polar surface area (TPSA) is 74.2 Å². The SMILES string of the molecule is N#CC1C=NNC1N. The number of nitrogens with one attached hydrogen (secondary N) is 1. The second-order valence-corrected chi connectivity index (χ2v) is 1.59. The highest BCUT2D eigenvalue weighted by molar-refractivity contribution is 5.66. The summed E-state index contributed by atoms with van der Waals surface area (Å²) in [7, 11) is 0. The van der Waals surface area contributed by atoms with Gasteiger partial charge >= 0.3 is 0 Å². The van der Waals surface area contributed by atoms with Gasteiger partial charge in [0.2, 0.25) is 0 Å². The molecule has 0 saturated heterocycles. The van der Waals surface area contributed by atoms with Gasteiger partial charge in [0.1, 0.15) is 12.1 Å². The number of hydrogen-bond acceptors (Lipinski definition) is 4. The molecule has 2 atom stereocenters. The van der Waals surface area contributed by atoms with Crippen molar-refractivity contribution >= 4 is 6.21 Å². The number of nitrogens with two attached hydrogens (primary N) is 1. The van der Waals surface area contributed by atoms with Gasteiger partial charge in [-0.2, -0.15) is 10.4 Å². The summed E-state index contributed by atoms with van der Waals surface area (Å²) in [4.78, 5) is 0. The molecule has 4 heteroatoms. The molecule has 0 aromatic heterocycles. The van der Waals surface area contributed by atoms with Gasteiger partial charge in [0.25, 0.3) is 0 Å². The maximum absolute atomic E-state index is 8.28. The minimum atomic E-state index is -0.306. The summed E-state index contributed by atoms with van der Waals surface area (Å²) in [6.45, 7) is 0. The van der Waals surface area contributed by atoms with Crippen molar-refractivity contribution in [3.63, 3.8) is 0 Å². The van der Waals surface area contributed by atoms with E-state index in [2.05, 4.69) is 10.5 Å². The summed E-state index contributed by atoms with van der Waals surface area (Å²) in [5.41, 5.74) is 7.88. The lowest BCUT2D eigenvalue weighted by atomic mass is 10.2. The van der Waals surface area contributed by atoms with Crippen LogP contribution in [0, 0.1) is 17.2 Å². The van der Waals surface area contributed by atoms with Crippen molar-refractivity contribution in [3.05, 3.63) is 0 Å². The number of nitrogens with zero attached hydrogens (tertiary/aromatic N) is 2. The molecule has 8 heavy (non-hydrogen) atoms. The first kappa shape index (κ1) is 5.06. The predicted molar refractivity (Wildman–Crippen MR) is 28.7 cm³/mol. The van der Waals surface area contributed by atoms with Crippen LogP contribution in [0.25, 0.3) is 0 Å². The van der Waals surface area contributed by atoms with Gasteiger partial charge in [-0.15, -0.1) is 0 Å². The van der Waals surface area contributed by atoms with Crippen molar-refractivity contribution in [2.75, 3.05) is 0 Å². The lowest BCUT2D eigenvalue weighted by Gasteiger charge is -2.02. The standard InChI is InChI=1S/C4H6N4/c5-1-3-2-7-8-4(3)6/h2-4,8H,6H2. The fraction of sp³-hybridized carbons (Fsp3) is 0.500. The maximum Gasteiger partial charge on any atom is 0.118 e. The Morgan fingerprint density at radius 2 is 2.62 bits per heavy atom. The van der Waals surface area contributed by atoms with Gasteiger partial charge in [0.15, 0.2) is 0 Å². The summed E-state index contributed by atoms with van der Waals surface area (Å²) in [5, 5.41) is 11.9. The van der Waals surface area contributed by atoms with Crippen LogP contribution in [0.4, 0.5) is 0 Å². The van der Waals surface area contributed by atoms with Crippen LogP contribution in [0.5, 0.6) is 0 Å². The molecular formula is C4H6N4. The van der Waals surface area contributed by atoms with Crippen molar-refractivity contribution in [1.29, 1.82) is 5.26 Å². The smallest absolute Gasteiger partial charge is 0.118 e. The monoisotopic (exact) mass is 110 g/mol. The zero-order valence-corrected chi connectivity index (χ0v) is 4.20. The third-order valence-electron chi connectivity index (χ3n) is 0.995. The highest BCUT2D eigenvalue weighted by Crippen LogP contribution is 1.98. The molecule has 0 aliphatic carbocycles. The van der Waals surface area contributed by atoms with Gasteiger partial charge < -0.3 is 5.73 Å². The van der Waals surface area contributed by atoms with E-state index < -0.39 is 0 Å². The van der Waals surface area contributed by atoms with Gasteiger partial charge in [-0.1, -0.05) is 0 Å². The largest absolute Gasteiger partial charge is 0.309 e. The molecule has 4 nitrogen and oxygen atoms in total. The van der Waals surface area contributed by atoms with Crippen molar-refractivity contribution in [2.45, 2.75) is 6.17 Å². The molecule has 0 saturated carbocycles. The first-order chi connectivity index (χ1) is 3.84. The average Bonchev–Trinajstić information content (AvgIpc) is 2.14. The van der Waals surface area contributed by atoms with E-state index in [4.69, 9.17) is 11.0 Å². The van der Waals surface area contributed by atoms with Gasteiger partial charge in [-0.3, -0.25) is 5.43 Å². The van der Waals surface area contributed by atoms with E-state index in [1.165, 1.54) is 6.21 Å². The summed E-state index contributed by atoms with van der Waals surface area (Å²) in [6, 6.07) is 1.98. The van der Waals surface area contributed by atoms with E-state index in [1.54, 1.807) is 0 Å². The minimum Gasteiger partial charge on any atom is -0.309 e. The zero-order chi connectivity index (χ0) is 5.98. The lowest BCUT2D eigenvalue weighted by Crippen LogP contribution is -2.35. The maximum atomic E-state index is 8.28. The molecular weight excluding hydrogens is 104 g/mol. The van der Waals surface area contributed by atoms with E-state index in [0.29, 0.717) is 0 Å². The van der Waals surface area contributed by atoms with E-state index in [9.17, 15) is 0 Å². The summed E-state index contributed by atoms with van der Waals surface area (Å²) in [6.07, 6.45) is 1.20. The van der Waals surface area contributed by atoms with Crippen LogP contribution in [-0.4, -0.2) is 12.4 Å². The van der Waals surface area contributed by atoms with Crippen molar-refractivity contribution < 1.29 is 0 Å². The Hall–Kier alpha value is -1.08. The third-order valence-corrected chi connectivity index (χ3v) is 0.995. The van der Waals surface area contributed by atoms with E-state index in [1.807, 2.05) is 6.07 Å². The normalized spacial score (nSPS) is 34.0. The molecule has 3 N–H and O–H groups in total. The van der Waals surface area contributed by atoms with Crippen LogP contribution >= 0.6 is 0 Å². The summed E-state index contributed by atoms with van der Waals surface area (Å²) >= 11 is 0. The summed E-state index contributed by atoms with van der Waals surface area (Å²) < 4.78 is 0. The molecule has 0 aromatic rings. The van der Waals surface area contributed by atoms with Gasteiger partial charge in [0, 0.05) is 6.21 Å². The Kier molecular flexibility index (Phi) is 1.14. The fourth-order valence-electron chi connectivity index (χ4n) is 0.496. The van der Waals surface area contributed by atoms with E-state index in [0.717, 1.165) is 0 Å². The number of rotatable bonds is 0. The van der Waals surface area contributed by atoms with Crippen molar-refractivity contribution in [3.8, 4) is 6.07 Å². The van der Waals surface area contributed by atoms with Gasteiger partial charge in [0.05, 0.1) is 6.07 Å². The Morgan fingerprint density at radius 3 is 2.88 bits per heavy atom. The molecule has 42 valence electrons. The van der Waals surface area contributed by atoms with Crippen LogP contribution in [-0.2, 0) is 0 Å². The first-order valence-electron chi connectivity index (χ1n) is 2.28. The fourth-order valence-corrected chi connectivity index (χ4v) is 0.496. The molecule has 0 amide bonds. The number of hydrazone groups is 1. The minimum absolute atomic E-state index is 0.255. The first-order valence-corrected chi connectivity index (χ1v) is 2.28. The Bertz CT molecular complexity index is 145. The summed E-state index contributed by atoms with van der Waals surface area (Å²) in [5.74, 6) is -0.255. The average molecular weight is 110 g/mol. The molecule has 0 radical (unpaired) electrons. The Balaban J connectivity index is 2.57. The van der Waals surface area contributed by atoms with E-state index in [-0.39, 0.29) is 12.1 Å². The molecule has 0 spiro atoms. The lowest BCUT2D eigenvalue weighted by molar-refractivity contribution is 0.555. The molecule has 1 aliphatic rings. The van der Waals surface area contributed by atoms with Crippen molar-refractivity contribution in [1.82, 2.24) is 5.43 Å². The third kappa shape index (κ3) is 0.634. The van der Waals surface area contributed by atoms with Crippen LogP contribution in [0.3, 0.4) is 0 Å². The molecule has 0 aromatic carbocycles. The van der Waals surface area contributed by atoms with Crippen LogP contribution in [0.15, 0.2) is 5.10 Å². The van der Waals surface area contributed by atoms with Crippen LogP contribution in [0.1, 0.15) is 0 Å². The molecule has 1 aliphatic heterocycles. The zero-order valence-electron chi connectivity index (χ0n) is 4.20. The van der Waals surface area contributed by atoms with E-state index >= 15 is 0 Å².